The van der Waals surface area contributed by atoms with E-state index in [1.165, 1.54) is 4.31 Å². The Morgan fingerprint density at radius 1 is 1.11 bits per heavy atom. The summed E-state index contributed by atoms with van der Waals surface area (Å²) in [5.41, 5.74) is 2.32. The van der Waals surface area contributed by atoms with E-state index < -0.39 is 27.9 Å². The summed E-state index contributed by atoms with van der Waals surface area (Å²) in [5.74, 6) is -1.04. The zero-order chi connectivity index (χ0) is 20.3. The van der Waals surface area contributed by atoms with Gasteiger partial charge < -0.3 is 10.1 Å². The van der Waals surface area contributed by atoms with Crippen LogP contribution in [0.1, 0.15) is 28.4 Å². The molecule has 0 aliphatic carbocycles. The number of fused-ring (bicyclic) bond motifs is 1. The first kappa shape index (κ1) is 20.0. The van der Waals surface area contributed by atoms with Crippen molar-refractivity contribution in [3.8, 4) is 0 Å². The van der Waals surface area contributed by atoms with Gasteiger partial charge in [-0.25, -0.2) is 13.2 Å². The number of nitrogens with zero attached hydrogens (tertiary/aromatic N) is 1. The number of benzene rings is 2. The molecule has 148 valence electrons. The molecule has 0 spiro atoms. The van der Waals surface area contributed by atoms with Crippen molar-refractivity contribution in [3.05, 3.63) is 65.2 Å². The molecule has 1 amide bonds. The van der Waals surface area contributed by atoms with Crippen molar-refractivity contribution >= 4 is 27.6 Å². The van der Waals surface area contributed by atoms with Gasteiger partial charge in [-0.05, 0) is 36.6 Å². The molecule has 1 aliphatic heterocycles. The second-order valence-electron chi connectivity index (χ2n) is 6.55. The predicted octanol–water partition coefficient (Wildman–Crippen LogP) is 2.19. The molecule has 3 rings (SSSR count). The number of sulfonamides is 1. The van der Waals surface area contributed by atoms with Crippen LogP contribution in [0, 0.1) is 0 Å². The van der Waals surface area contributed by atoms with Gasteiger partial charge in [-0.1, -0.05) is 36.4 Å². The van der Waals surface area contributed by atoms with Crippen LogP contribution in [0.25, 0.3) is 0 Å². The predicted molar refractivity (Wildman–Crippen MR) is 105 cm³/mol. The summed E-state index contributed by atoms with van der Waals surface area (Å²) in [6, 6.07) is 13.0. The number of rotatable bonds is 5. The van der Waals surface area contributed by atoms with Gasteiger partial charge in [-0.15, -0.1) is 0 Å². The Morgan fingerprint density at radius 2 is 1.75 bits per heavy atom. The van der Waals surface area contributed by atoms with Gasteiger partial charge in [0.05, 0.1) is 24.1 Å². The highest BCUT2D eigenvalue weighted by Gasteiger charge is 2.37. The molecule has 2 aromatic carbocycles. The van der Waals surface area contributed by atoms with Gasteiger partial charge in [0.1, 0.15) is 6.04 Å². The number of hydrogen-bond acceptors (Lipinski definition) is 5. The summed E-state index contributed by atoms with van der Waals surface area (Å²) in [5, 5.41) is 2.71. The van der Waals surface area contributed by atoms with Crippen LogP contribution in [-0.2, 0) is 32.5 Å². The molecule has 1 aliphatic rings. The Bertz CT molecular complexity index is 1000. The molecule has 1 N–H and O–H groups in total. The van der Waals surface area contributed by atoms with E-state index in [0.717, 1.165) is 17.4 Å². The highest BCUT2D eigenvalue weighted by atomic mass is 32.2. The number of para-hydroxylation sites is 1. The van der Waals surface area contributed by atoms with Gasteiger partial charge in [0.25, 0.3) is 0 Å². The third-order valence-electron chi connectivity index (χ3n) is 4.61. The molecular formula is C20H22N2O5S. The van der Waals surface area contributed by atoms with Crippen LogP contribution in [0.5, 0.6) is 0 Å². The highest BCUT2D eigenvalue weighted by molar-refractivity contribution is 7.88. The quantitative estimate of drug-likeness (QED) is 0.774. The van der Waals surface area contributed by atoms with Gasteiger partial charge in [0.2, 0.25) is 15.9 Å². The molecule has 0 saturated heterocycles. The summed E-state index contributed by atoms with van der Waals surface area (Å²) in [7, 11) is -3.61. The van der Waals surface area contributed by atoms with Gasteiger partial charge >= 0.3 is 5.97 Å². The Morgan fingerprint density at radius 3 is 2.43 bits per heavy atom. The lowest BCUT2D eigenvalue weighted by atomic mass is 9.95. The van der Waals surface area contributed by atoms with Crippen LogP contribution in [0.2, 0.25) is 0 Å². The van der Waals surface area contributed by atoms with Crippen LogP contribution < -0.4 is 5.32 Å². The average molecular weight is 402 g/mol. The molecule has 8 heteroatoms. The molecule has 0 fully saturated rings. The fourth-order valence-corrected chi connectivity index (χ4v) is 4.27. The first-order valence-corrected chi connectivity index (χ1v) is 10.8. The van der Waals surface area contributed by atoms with Crippen molar-refractivity contribution in [2.24, 2.45) is 0 Å². The number of nitrogens with one attached hydrogen (secondary N) is 1. The summed E-state index contributed by atoms with van der Waals surface area (Å²) in [4.78, 5) is 25.1. The summed E-state index contributed by atoms with van der Waals surface area (Å²) in [6.45, 7) is 2.04. The highest BCUT2D eigenvalue weighted by Crippen LogP contribution is 2.27. The molecule has 0 aromatic heterocycles. The molecular weight excluding hydrogens is 380 g/mol. The van der Waals surface area contributed by atoms with E-state index in [0.29, 0.717) is 5.69 Å². The zero-order valence-electron chi connectivity index (χ0n) is 15.7. The molecule has 7 nitrogen and oxygen atoms in total. The van der Waals surface area contributed by atoms with Crippen molar-refractivity contribution in [1.82, 2.24) is 4.31 Å². The second kappa shape index (κ2) is 8.12. The lowest BCUT2D eigenvalue weighted by Crippen LogP contribution is -2.50. The third kappa shape index (κ3) is 4.23. The number of anilines is 1. The number of amides is 1. The number of hydrogen-bond donors (Lipinski definition) is 1. The number of carbonyl (C=O) groups is 2. The largest absolute Gasteiger partial charge is 0.462 e. The van der Waals surface area contributed by atoms with E-state index in [1.54, 1.807) is 31.2 Å². The monoisotopic (exact) mass is 402 g/mol. The topological polar surface area (TPSA) is 92.8 Å². The standard InChI is InChI=1S/C20H22N2O5S/c1-3-27-20(24)16-10-6-7-11-17(16)21-19(23)18-12-14-8-4-5-9-15(14)13-22(18)28(2,25)26/h4-11,18H,3,12-13H2,1-2H3,(H,21,23)/t18-/m1/s1. The van der Waals surface area contributed by atoms with Crippen LogP contribution in [-0.4, -0.2) is 43.5 Å². The van der Waals surface area contributed by atoms with Crippen molar-refractivity contribution in [3.63, 3.8) is 0 Å². The third-order valence-corrected chi connectivity index (χ3v) is 5.85. The molecule has 1 atom stereocenters. The van der Waals surface area contributed by atoms with Crippen LogP contribution in [0.4, 0.5) is 5.69 Å². The van der Waals surface area contributed by atoms with Crippen molar-refractivity contribution in [1.29, 1.82) is 0 Å². The second-order valence-corrected chi connectivity index (χ2v) is 8.49. The number of esters is 1. The Kier molecular flexibility index (Phi) is 5.81. The van der Waals surface area contributed by atoms with Crippen molar-refractivity contribution in [2.75, 3.05) is 18.2 Å². The summed E-state index contributed by atoms with van der Waals surface area (Å²) < 4.78 is 30.8. The van der Waals surface area contributed by atoms with Crippen LogP contribution in [0.15, 0.2) is 48.5 Å². The molecule has 2 aromatic rings. The van der Waals surface area contributed by atoms with E-state index in [4.69, 9.17) is 4.74 Å². The van der Waals surface area contributed by atoms with Gasteiger partial charge in [-0.2, -0.15) is 4.31 Å². The van der Waals surface area contributed by atoms with E-state index in [-0.39, 0.29) is 25.1 Å². The van der Waals surface area contributed by atoms with E-state index in [9.17, 15) is 18.0 Å². The first-order valence-electron chi connectivity index (χ1n) is 8.92. The average Bonchev–Trinajstić information content (AvgIpc) is 2.66. The molecule has 1 heterocycles. The minimum Gasteiger partial charge on any atom is -0.462 e. The maximum atomic E-state index is 13.0. The van der Waals surface area contributed by atoms with Crippen molar-refractivity contribution in [2.45, 2.75) is 25.9 Å². The normalized spacial score (nSPS) is 16.9. The smallest absolute Gasteiger partial charge is 0.340 e. The lowest BCUT2D eigenvalue weighted by Gasteiger charge is -2.34. The Balaban J connectivity index is 1.90. The number of ether oxygens (including phenoxy) is 1. The molecule has 0 saturated carbocycles. The molecule has 0 radical (unpaired) electrons. The molecule has 0 unspecified atom stereocenters. The Hall–Kier alpha value is -2.71. The fourth-order valence-electron chi connectivity index (χ4n) is 3.27. The first-order chi connectivity index (χ1) is 13.3. The van der Waals surface area contributed by atoms with E-state index in [1.807, 2.05) is 24.3 Å². The van der Waals surface area contributed by atoms with Gasteiger partial charge in [0.15, 0.2) is 0 Å². The maximum absolute atomic E-state index is 13.0. The Labute approximate surface area is 164 Å². The van der Waals surface area contributed by atoms with E-state index in [2.05, 4.69) is 5.32 Å². The fraction of sp³-hybridized carbons (Fsp3) is 0.300. The minimum absolute atomic E-state index is 0.132. The molecule has 0 bridgehead atoms. The number of carbonyl (C=O) groups excluding carboxylic acids is 2. The minimum atomic E-state index is -3.61. The zero-order valence-corrected chi connectivity index (χ0v) is 16.5. The van der Waals surface area contributed by atoms with Gasteiger partial charge in [0, 0.05) is 6.54 Å². The summed E-state index contributed by atoms with van der Waals surface area (Å²) >= 11 is 0. The lowest BCUT2D eigenvalue weighted by molar-refractivity contribution is -0.120. The molecule has 28 heavy (non-hydrogen) atoms. The van der Waals surface area contributed by atoms with Gasteiger partial charge in [-0.3, -0.25) is 4.79 Å². The summed E-state index contributed by atoms with van der Waals surface area (Å²) in [6.07, 6.45) is 1.35. The van der Waals surface area contributed by atoms with Crippen LogP contribution in [0.3, 0.4) is 0 Å². The maximum Gasteiger partial charge on any atom is 0.340 e. The SMILES string of the molecule is CCOC(=O)c1ccccc1NC(=O)[C@H]1Cc2ccccc2CN1S(C)(=O)=O. The van der Waals surface area contributed by atoms with Crippen molar-refractivity contribution < 1.29 is 22.7 Å². The van der Waals surface area contributed by atoms with E-state index >= 15 is 0 Å². The van der Waals surface area contributed by atoms with Crippen LogP contribution >= 0.6 is 0 Å².